The molecule has 116 valence electrons. The zero-order valence-corrected chi connectivity index (χ0v) is 13.1. The molecule has 0 aromatic carbocycles. The molecule has 0 aliphatic heterocycles. The molecule has 0 saturated heterocycles. The Labute approximate surface area is 129 Å². The third-order valence-electron chi connectivity index (χ3n) is 3.55. The highest BCUT2D eigenvalue weighted by Gasteiger charge is 2.15. The van der Waals surface area contributed by atoms with Gasteiger partial charge in [0.25, 0.3) is 0 Å². The summed E-state index contributed by atoms with van der Waals surface area (Å²) in [6, 6.07) is 1.87. The fourth-order valence-corrected chi connectivity index (χ4v) is 2.27. The van der Waals surface area contributed by atoms with Gasteiger partial charge in [-0.25, -0.2) is 9.50 Å². The maximum absolute atomic E-state index is 5.33. The van der Waals surface area contributed by atoms with Crippen LogP contribution in [0.15, 0.2) is 29.2 Å². The molecule has 0 saturated carbocycles. The lowest BCUT2D eigenvalue weighted by Gasteiger charge is -2.17. The van der Waals surface area contributed by atoms with Crippen LogP contribution >= 0.6 is 0 Å². The van der Waals surface area contributed by atoms with Crippen LogP contribution in [-0.4, -0.2) is 36.2 Å². The van der Waals surface area contributed by atoms with Crippen LogP contribution in [0.5, 0.6) is 0 Å². The molecule has 0 N–H and O–H groups in total. The van der Waals surface area contributed by atoms with E-state index < -0.39 is 0 Å². The van der Waals surface area contributed by atoms with Crippen LogP contribution < -0.4 is 0 Å². The van der Waals surface area contributed by atoms with Crippen molar-refractivity contribution in [3.8, 4) is 0 Å². The molecule has 3 aromatic heterocycles. The number of hydrogen-bond donors (Lipinski definition) is 0. The van der Waals surface area contributed by atoms with Gasteiger partial charge in [-0.1, -0.05) is 25.9 Å². The van der Waals surface area contributed by atoms with Crippen molar-refractivity contribution in [3.05, 3.63) is 41.9 Å². The van der Waals surface area contributed by atoms with E-state index >= 15 is 0 Å². The molecule has 0 atom stereocenters. The first-order valence-electron chi connectivity index (χ1n) is 7.49. The third-order valence-corrected chi connectivity index (χ3v) is 3.55. The van der Waals surface area contributed by atoms with Crippen molar-refractivity contribution in [2.24, 2.45) is 0 Å². The average molecular weight is 300 g/mol. The minimum Gasteiger partial charge on any atom is -0.338 e. The summed E-state index contributed by atoms with van der Waals surface area (Å²) in [6.45, 7) is 8.47. The van der Waals surface area contributed by atoms with Gasteiger partial charge in [0.05, 0.1) is 12.7 Å². The lowest BCUT2D eigenvalue weighted by atomic mass is 10.2. The number of aromatic nitrogens is 5. The van der Waals surface area contributed by atoms with E-state index in [0.717, 1.165) is 30.1 Å². The summed E-state index contributed by atoms with van der Waals surface area (Å²) in [5.74, 6) is 1.68. The summed E-state index contributed by atoms with van der Waals surface area (Å²) in [5, 5.41) is 8.32. The molecule has 0 radical (unpaired) electrons. The van der Waals surface area contributed by atoms with Gasteiger partial charge in [-0.2, -0.15) is 10.1 Å². The van der Waals surface area contributed by atoms with Gasteiger partial charge in [0.1, 0.15) is 0 Å². The summed E-state index contributed by atoms with van der Waals surface area (Å²) < 4.78 is 7.11. The van der Waals surface area contributed by atoms with Gasteiger partial charge in [-0.15, -0.1) is 0 Å². The van der Waals surface area contributed by atoms with Gasteiger partial charge < -0.3 is 4.52 Å². The third kappa shape index (κ3) is 2.99. The average Bonchev–Trinajstić information content (AvgIpc) is 3.14. The molecule has 3 rings (SSSR count). The highest BCUT2D eigenvalue weighted by atomic mass is 16.5. The van der Waals surface area contributed by atoms with E-state index in [0.29, 0.717) is 12.4 Å². The predicted octanol–water partition coefficient (Wildman–Crippen LogP) is 2.26. The lowest BCUT2D eigenvalue weighted by molar-refractivity contribution is 0.229. The van der Waals surface area contributed by atoms with E-state index in [9.17, 15) is 0 Å². The van der Waals surface area contributed by atoms with Crippen LogP contribution in [-0.2, 0) is 13.1 Å². The number of hydrogen-bond acceptors (Lipinski definition) is 6. The van der Waals surface area contributed by atoms with E-state index in [1.165, 1.54) is 0 Å². The van der Waals surface area contributed by atoms with E-state index in [4.69, 9.17) is 4.52 Å². The summed E-state index contributed by atoms with van der Waals surface area (Å²) >= 11 is 0. The highest BCUT2D eigenvalue weighted by molar-refractivity contribution is 5.45. The van der Waals surface area contributed by atoms with E-state index in [1.54, 1.807) is 10.7 Å². The van der Waals surface area contributed by atoms with Gasteiger partial charge >= 0.3 is 0 Å². The second-order valence-electron chi connectivity index (χ2n) is 5.56. The molecular weight excluding hydrogens is 280 g/mol. The van der Waals surface area contributed by atoms with Crippen LogP contribution in [0.2, 0.25) is 0 Å². The summed E-state index contributed by atoms with van der Waals surface area (Å²) in [7, 11) is 0. The Morgan fingerprint density at radius 3 is 2.91 bits per heavy atom. The van der Waals surface area contributed by atoms with Crippen molar-refractivity contribution in [2.75, 3.05) is 6.54 Å². The molecule has 0 fully saturated rings. The number of fused-ring (bicyclic) bond motifs is 1. The summed E-state index contributed by atoms with van der Waals surface area (Å²) in [6.07, 6.45) is 5.54. The van der Waals surface area contributed by atoms with Gasteiger partial charge in [-0.3, -0.25) is 4.90 Å². The Balaban J connectivity index is 1.74. The topological polar surface area (TPSA) is 72.4 Å². The second kappa shape index (κ2) is 6.23. The molecular formula is C15H20N6O. The van der Waals surface area contributed by atoms with Gasteiger partial charge in [-0.05, 0) is 12.6 Å². The maximum Gasteiger partial charge on any atom is 0.240 e. The predicted molar refractivity (Wildman–Crippen MR) is 81.2 cm³/mol. The quantitative estimate of drug-likeness (QED) is 0.695. The molecule has 0 aliphatic rings. The standard InChI is InChI=1S/C15H20N6O/c1-4-20(10-13-18-14(11(2)3)19-22-13)9-12-8-17-21-7-5-6-16-15(12)21/h5-8,11H,4,9-10H2,1-3H3. The molecule has 3 aromatic rings. The maximum atomic E-state index is 5.33. The SMILES string of the molecule is CCN(Cc1nc(C(C)C)no1)Cc1cnn2cccnc12. The minimum atomic E-state index is 0.274. The summed E-state index contributed by atoms with van der Waals surface area (Å²) in [5.41, 5.74) is 1.97. The number of rotatable bonds is 6. The van der Waals surface area contributed by atoms with E-state index in [-0.39, 0.29) is 5.92 Å². The Bertz CT molecular complexity index is 747. The number of nitrogens with zero attached hydrogens (tertiary/aromatic N) is 6. The molecule has 7 heteroatoms. The molecule has 0 amide bonds. The van der Waals surface area contributed by atoms with Crippen molar-refractivity contribution in [1.82, 2.24) is 29.6 Å². The normalized spacial score (nSPS) is 11.9. The first-order valence-corrected chi connectivity index (χ1v) is 7.49. The molecule has 7 nitrogen and oxygen atoms in total. The van der Waals surface area contributed by atoms with Crippen molar-refractivity contribution >= 4 is 5.65 Å². The highest BCUT2D eigenvalue weighted by Crippen LogP contribution is 2.14. The van der Waals surface area contributed by atoms with Crippen molar-refractivity contribution in [1.29, 1.82) is 0 Å². The van der Waals surface area contributed by atoms with Crippen LogP contribution in [0.4, 0.5) is 0 Å². The van der Waals surface area contributed by atoms with Crippen LogP contribution in [0, 0.1) is 0 Å². The lowest BCUT2D eigenvalue weighted by Crippen LogP contribution is -2.22. The molecule has 0 aliphatic carbocycles. The van der Waals surface area contributed by atoms with E-state index in [2.05, 4.69) is 45.9 Å². The smallest absolute Gasteiger partial charge is 0.240 e. The molecule has 22 heavy (non-hydrogen) atoms. The molecule has 0 spiro atoms. The minimum absolute atomic E-state index is 0.274. The van der Waals surface area contributed by atoms with Gasteiger partial charge in [0.2, 0.25) is 5.89 Å². The second-order valence-corrected chi connectivity index (χ2v) is 5.56. The van der Waals surface area contributed by atoms with Crippen LogP contribution in [0.25, 0.3) is 5.65 Å². The van der Waals surface area contributed by atoms with Crippen LogP contribution in [0.1, 0.15) is 44.0 Å². The first-order chi connectivity index (χ1) is 10.7. The monoisotopic (exact) mass is 300 g/mol. The van der Waals surface area contributed by atoms with Crippen molar-refractivity contribution in [3.63, 3.8) is 0 Å². The van der Waals surface area contributed by atoms with Gasteiger partial charge in [0, 0.05) is 30.4 Å². The molecule has 0 bridgehead atoms. The van der Waals surface area contributed by atoms with Crippen LogP contribution in [0.3, 0.4) is 0 Å². The first kappa shape index (κ1) is 14.6. The Kier molecular flexibility index (Phi) is 4.15. The zero-order chi connectivity index (χ0) is 15.5. The fourth-order valence-electron chi connectivity index (χ4n) is 2.27. The van der Waals surface area contributed by atoms with Crippen molar-refractivity contribution in [2.45, 2.75) is 39.8 Å². The van der Waals surface area contributed by atoms with Crippen molar-refractivity contribution < 1.29 is 4.52 Å². The fraction of sp³-hybridized carbons (Fsp3) is 0.467. The Morgan fingerprint density at radius 1 is 1.32 bits per heavy atom. The zero-order valence-electron chi connectivity index (χ0n) is 13.1. The van der Waals surface area contributed by atoms with E-state index in [1.807, 2.05) is 18.5 Å². The summed E-state index contributed by atoms with van der Waals surface area (Å²) in [4.78, 5) is 11.0. The Morgan fingerprint density at radius 2 is 2.18 bits per heavy atom. The van der Waals surface area contributed by atoms with Gasteiger partial charge in [0.15, 0.2) is 11.5 Å². The molecule has 0 unspecified atom stereocenters. The molecule has 3 heterocycles. The Hall–Kier alpha value is -2.28. The largest absolute Gasteiger partial charge is 0.338 e.